The van der Waals surface area contributed by atoms with Crippen LogP contribution in [-0.2, 0) is 13.2 Å². The van der Waals surface area contributed by atoms with Crippen LogP contribution in [0.2, 0.25) is 5.02 Å². The lowest BCUT2D eigenvalue weighted by Gasteiger charge is -2.23. The van der Waals surface area contributed by atoms with Gasteiger partial charge in [-0.3, -0.25) is 0 Å². The van der Waals surface area contributed by atoms with Gasteiger partial charge in [0, 0.05) is 12.6 Å². The van der Waals surface area contributed by atoms with E-state index in [1.54, 1.807) is 10.6 Å². The van der Waals surface area contributed by atoms with Gasteiger partial charge in [0.05, 0.1) is 16.6 Å². The normalized spacial score (nSPS) is 14.3. The lowest BCUT2D eigenvalue weighted by atomic mass is 9.89. The van der Waals surface area contributed by atoms with Crippen LogP contribution >= 0.6 is 11.6 Å². The summed E-state index contributed by atoms with van der Waals surface area (Å²) in [6, 6.07) is 13.6. The molecule has 0 bridgehead atoms. The summed E-state index contributed by atoms with van der Waals surface area (Å²) in [5.41, 5.74) is 1.63. The molecule has 0 spiro atoms. The minimum Gasteiger partial charge on any atom is -0.485 e. The van der Waals surface area contributed by atoms with Gasteiger partial charge in [0.15, 0.2) is 23.2 Å². The fourth-order valence-corrected chi connectivity index (χ4v) is 5.46. The molecule has 6 rings (SSSR count). The highest BCUT2D eigenvalue weighted by molar-refractivity contribution is 6.35. The monoisotopic (exact) mass is 552 g/mol. The number of rotatable bonds is 7. The molecule has 39 heavy (non-hydrogen) atoms. The molecular weight excluding hydrogens is 529 g/mol. The number of halogens is 4. The molecule has 1 saturated carbocycles. The van der Waals surface area contributed by atoms with Crippen LogP contribution in [0.3, 0.4) is 0 Å². The smallest absolute Gasteiger partial charge is 0.208 e. The summed E-state index contributed by atoms with van der Waals surface area (Å²) in [4.78, 5) is 4.54. The number of hydrogen-bond donors (Lipinski definition) is 1. The number of aromatic nitrogens is 6. The van der Waals surface area contributed by atoms with E-state index in [2.05, 4.69) is 25.6 Å². The van der Waals surface area contributed by atoms with Gasteiger partial charge in [-0.1, -0.05) is 61.2 Å². The number of H-pyrrole nitrogens is 1. The first kappa shape index (κ1) is 25.4. The highest BCUT2D eigenvalue weighted by Gasteiger charge is 2.27. The van der Waals surface area contributed by atoms with E-state index in [0.29, 0.717) is 17.6 Å². The van der Waals surface area contributed by atoms with E-state index in [9.17, 15) is 8.78 Å². The number of hydrogen-bond acceptors (Lipinski definition) is 5. The molecule has 3 aromatic carbocycles. The fraction of sp³-hybridized carbons (Fsp3) is 0.286. The van der Waals surface area contributed by atoms with Crippen molar-refractivity contribution >= 4 is 22.6 Å². The second-order valence-corrected chi connectivity index (χ2v) is 10.1. The molecule has 1 N–H and O–H groups in total. The second-order valence-electron chi connectivity index (χ2n) is 9.72. The third-order valence-electron chi connectivity index (χ3n) is 7.20. The van der Waals surface area contributed by atoms with Crippen molar-refractivity contribution in [3.05, 3.63) is 76.6 Å². The summed E-state index contributed by atoms with van der Waals surface area (Å²) in [7, 11) is 0. The van der Waals surface area contributed by atoms with Gasteiger partial charge >= 0.3 is 0 Å². The zero-order valence-corrected chi connectivity index (χ0v) is 21.6. The van der Waals surface area contributed by atoms with Crippen molar-refractivity contribution in [2.75, 3.05) is 0 Å². The van der Waals surface area contributed by atoms with Gasteiger partial charge in [-0.15, -0.1) is 10.2 Å². The molecule has 0 saturated heterocycles. The van der Waals surface area contributed by atoms with E-state index >= 15 is 4.39 Å². The maximum Gasteiger partial charge on any atom is 0.208 e. The molecule has 0 radical (unpaired) electrons. The van der Waals surface area contributed by atoms with Crippen molar-refractivity contribution in [2.45, 2.75) is 45.3 Å². The highest BCUT2D eigenvalue weighted by atomic mass is 35.5. The van der Waals surface area contributed by atoms with Crippen LogP contribution in [0.1, 0.15) is 37.7 Å². The van der Waals surface area contributed by atoms with Crippen molar-refractivity contribution in [3.63, 3.8) is 0 Å². The molecule has 7 nitrogen and oxygen atoms in total. The van der Waals surface area contributed by atoms with Crippen molar-refractivity contribution < 1.29 is 17.9 Å². The number of fused-ring (bicyclic) bond motifs is 1. The summed E-state index contributed by atoms with van der Waals surface area (Å²) < 4.78 is 53.0. The summed E-state index contributed by atoms with van der Waals surface area (Å²) in [6.45, 7) is 0.562. The van der Waals surface area contributed by atoms with Crippen LogP contribution in [0.15, 0.2) is 48.5 Å². The molecule has 200 valence electrons. The molecule has 5 aromatic rings. The van der Waals surface area contributed by atoms with E-state index in [-0.39, 0.29) is 41.0 Å². The van der Waals surface area contributed by atoms with Crippen LogP contribution in [0, 0.1) is 23.4 Å². The third kappa shape index (κ3) is 4.85. The van der Waals surface area contributed by atoms with E-state index in [1.807, 2.05) is 30.3 Å². The summed E-state index contributed by atoms with van der Waals surface area (Å²) in [6.07, 6.45) is 5.31. The Morgan fingerprint density at radius 1 is 0.974 bits per heavy atom. The van der Waals surface area contributed by atoms with E-state index in [4.69, 9.17) is 16.3 Å². The van der Waals surface area contributed by atoms with E-state index in [1.165, 1.54) is 6.07 Å². The van der Waals surface area contributed by atoms with Crippen LogP contribution in [0.25, 0.3) is 33.8 Å². The molecule has 2 heterocycles. The quantitative estimate of drug-likeness (QED) is 0.218. The van der Waals surface area contributed by atoms with Gasteiger partial charge in [-0.25, -0.2) is 18.2 Å². The summed E-state index contributed by atoms with van der Waals surface area (Å²) in [5.74, 6) is -2.39. The summed E-state index contributed by atoms with van der Waals surface area (Å²) >= 11 is 6.19. The SMILES string of the molecule is Fc1cc2c(nc(-c3ccc(-c4nn[nH]n4)c(OCc4ccccc4)c3F)n2CC2CCCCC2)c(Cl)c1F. The standard InChI is InChI=1S/C28H24ClF3N6O/c29-22-24(32)20(30)13-21-25(22)33-28(38(21)14-16-7-3-1-4-8-16)18-11-12-19(27-34-36-37-35-27)26(23(18)31)39-15-17-9-5-2-6-10-17/h2,5-6,9-13,16H,1,3-4,7-8,14-15H2,(H,34,35,36,37). The van der Waals surface area contributed by atoms with Crippen LogP contribution in [0.5, 0.6) is 5.75 Å². The third-order valence-corrected chi connectivity index (χ3v) is 7.54. The average molecular weight is 553 g/mol. The topological polar surface area (TPSA) is 81.5 Å². The number of nitrogens with one attached hydrogen (secondary N) is 1. The maximum atomic E-state index is 16.4. The largest absolute Gasteiger partial charge is 0.485 e. The number of aromatic amines is 1. The molecule has 2 aromatic heterocycles. The Morgan fingerprint density at radius 2 is 1.74 bits per heavy atom. The van der Waals surface area contributed by atoms with Crippen LogP contribution in [0.4, 0.5) is 13.2 Å². The number of tetrazole rings is 1. The Kier molecular flexibility index (Phi) is 6.95. The molecule has 11 heteroatoms. The molecule has 1 aliphatic carbocycles. The number of nitrogens with zero attached hydrogens (tertiary/aromatic N) is 5. The Labute approximate surface area is 227 Å². The van der Waals surface area contributed by atoms with Gasteiger partial charge in [-0.05, 0) is 41.7 Å². The maximum absolute atomic E-state index is 16.4. The van der Waals surface area contributed by atoms with E-state index in [0.717, 1.165) is 43.7 Å². The number of imidazole rings is 1. The predicted molar refractivity (Wildman–Crippen MR) is 141 cm³/mol. The Bertz CT molecular complexity index is 1620. The van der Waals surface area contributed by atoms with Gasteiger partial charge in [0.25, 0.3) is 0 Å². The van der Waals surface area contributed by atoms with Gasteiger partial charge in [0.2, 0.25) is 5.82 Å². The zero-order chi connectivity index (χ0) is 26.9. The van der Waals surface area contributed by atoms with E-state index < -0.39 is 22.5 Å². The van der Waals surface area contributed by atoms with Crippen LogP contribution < -0.4 is 4.74 Å². The van der Waals surface area contributed by atoms with Crippen molar-refractivity contribution in [3.8, 4) is 28.5 Å². The molecule has 0 atom stereocenters. The number of benzene rings is 3. The molecule has 0 aliphatic heterocycles. The van der Waals surface area contributed by atoms with Crippen LogP contribution in [-0.4, -0.2) is 30.2 Å². The van der Waals surface area contributed by atoms with Crippen molar-refractivity contribution in [1.29, 1.82) is 0 Å². The summed E-state index contributed by atoms with van der Waals surface area (Å²) in [5, 5.41) is 13.5. The Hall–Kier alpha value is -3.92. The first-order chi connectivity index (χ1) is 19.0. The van der Waals surface area contributed by atoms with Crippen molar-refractivity contribution in [1.82, 2.24) is 30.2 Å². The molecule has 0 amide bonds. The first-order valence-electron chi connectivity index (χ1n) is 12.8. The van der Waals surface area contributed by atoms with Gasteiger partial charge < -0.3 is 9.30 Å². The average Bonchev–Trinajstić information content (AvgIpc) is 3.61. The molecule has 1 fully saturated rings. The highest BCUT2D eigenvalue weighted by Crippen LogP contribution is 2.40. The Balaban J connectivity index is 1.51. The lowest BCUT2D eigenvalue weighted by molar-refractivity contribution is 0.291. The minimum atomic E-state index is -1.18. The zero-order valence-electron chi connectivity index (χ0n) is 20.8. The minimum absolute atomic E-state index is 0.0785. The first-order valence-corrected chi connectivity index (χ1v) is 13.2. The van der Waals surface area contributed by atoms with Crippen molar-refractivity contribution in [2.24, 2.45) is 5.92 Å². The number of ether oxygens (including phenoxy) is 1. The second kappa shape index (κ2) is 10.7. The fourth-order valence-electron chi connectivity index (χ4n) is 5.24. The Morgan fingerprint density at radius 3 is 2.49 bits per heavy atom. The molecule has 0 unspecified atom stereocenters. The van der Waals surface area contributed by atoms with Gasteiger partial charge in [-0.2, -0.15) is 5.21 Å². The molecular formula is C28H24ClF3N6O. The lowest BCUT2D eigenvalue weighted by Crippen LogP contribution is -2.15. The predicted octanol–water partition coefficient (Wildman–Crippen LogP) is 7.11. The molecule has 1 aliphatic rings. The van der Waals surface area contributed by atoms with Gasteiger partial charge in [0.1, 0.15) is 23.0 Å².